The smallest absolute Gasteiger partial charge is 0.231 e. The highest BCUT2D eigenvalue weighted by molar-refractivity contribution is 5.71. The zero-order valence-corrected chi connectivity index (χ0v) is 12.5. The Morgan fingerprint density at radius 2 is 1.95 bits per heavy atom. The van der Waals surface area contributed by atoms with Gasteiger partial charge in [-0.2, -0.15) is 0 Å². The number of benzene rings is 2. The van der Waals surface area contributed by atoms with Crippen LogP contribution < -0.4 is 14.8 Å². The van der Waals surface area contributed by atoms with Gasteiger partial charge < -0.3 is 19.7 Å². The molecule has 4 heteroatoms. The molecule has 2 aliphatic heterocycles. The molecule has 0 unspecified atom stereocenters. The van der Waals surface area contributed by atoms with Gasteiger partial charge >= 0.3 is 0 Å². The average Bonchev–Trinajstić information content (AvgIpc) is 3.24. The van der Waals surface area contributed by atoms with Crippen molar-refractivity contribution in [1.29, 1.82) is 0 Å². The molecule has 4 nitrogen and oxygen atoms in total. The van der Waals surface area contributed by atoms with Gasteiger partial charge in [-0.3, -0.25) is 0 Å². The first-order chi connectivity index (χ1) is 10.8. The molecule has 0 bridgehead atoms. The van der Waals surface area contributed by atoms with Crippen molar-refractivity contribution in [2.24, 2.45) is 0 Å². The second-order valence-electron chi connectivity index (χ2n) is 5.52. The number of ether oxygens (including phenoxy) is 2. The van der Waals surface area contributed by atoms with Gasteiger partial charge in [-0.05, 0) is 35.7 Å². The fraction of sp³-hybridized carbons (Fsp3) is 0.222. The minimum atomic E-state index is 0.299. The fourth-order valence-corrected chi connectivity index (χ4v) is 2.99. The van der Waals surface area contributed by atoms with E-state index in [4.69, 9.17) is 9.47 Å². The van der Waals surface area contributed by atoms with E-state index in [1.807, 2.05) is 12.3 Å². The number of nitrogens with zero attached hydrogens (tertiary/aromatic N) is 1. The summed E-state index contributed by atoms with van der Waals surface area (Å²) < 4.78 is 10.9. The Balaban J connectivity index is 1.74. The SMILES string of the molecule is C[C@@H](c1ccccc1-c1ccc2c(c1)OCO2)N1C=CNC1. The summed E-state index contributed by atoms with van der Waals surface area (Å²) in [5.74, 6) is 1.64. The van der Waals surface area contributed by atoms with Gasteiger partial charge in [0.1, 0.15) is 0 Å². The van der Waals surface area contributed by atoms with Crippen LogP contribution in [-0.2, 0) is 0 Å². The normalized spacial score (nSPS) is 16.7. The van der Waals surface area contributed by atoms with Crippen LogP contribution in [0.1, 0.15) is 18.5 Å². The molecule has 0 spiro atoms. The van der Waals surface area contributed by atoms with E-state index in [9.17, 15) is 0 Å². The summed E-state index contributed by atoms with van der Waals surface area (Å²) in [6.45, 7) is 3.38. The third-order valence-corrected chi connectivity index (χ3v) is 4.25. The molecule has 0 radical (unpaired) electrons. The van der Waals surface area contributed by atoms with Gasteiger partial charge in [0.2, 0.25) is 6.79 Å². The van der Waals surface area contributed by atoms with Gasteiger partial charge in [0.05, 0.1) is 12.7 Å². The third-order valence-electron chi connectivity index (χ3n) is 4.25. The molecule has 1 atom stereocenters. The van der Waals surface area contributed by atoms with Crippen LogP contribution in [0, 0.1) is 0 Å². The van der Waals surface area contributed by atoms with Gasteiger partial charge in [-0.1, -0.05) is 30.3 Å². The van der Waals surface area contributed by atoms with Crippen molar-refractivity contribution in [3.05, 3.63) is 60.4 Å². The Morgan fingerprint density at radius 3 is 2.82 bits per heavy atom. The minimum Gasteiger partial charge on any atom is -0.454 e. The van der Waals surface area contributed by atoms with E-state index < -0.39 is 0 Å². The molecule has 112 valence electrons. The number of hydrogen-bond acceptors (Lipinski definition) is 4. The van der Waals surface area contributed by atoms with E-state index in [1.54, 1.807) is 0 Å². The lowest BCUT2D eigenvalue weighted by Gasteiger charge is -2.26. The second-order valence-corrected chi connectivity index (χ2v) is 5.52. The minimum absolute atomic E-state index is 0.299. The van der Waals surface area contributed by atoms with Gasteiger partial charge in [-0.25, -0.2) is 0 Å². The third kappa shape index (κ3) is 2.17. The molecule has 1 N–H and O–H groups in total. The van der Waals surface area contributed by atoms with Gasteiger partial charge in [0, 0.05) is 12.4 Å². The van der Waals surface area contributed by atoms with Crippen molar-refractivity contribution in [2.45, 2.75) is 13.0 Å². The largest absolute Gasteiger partial charge is 0.454 e. The first-order valence-corrected chi connectivity index (χ1v) is 7.48. The number of rotatable bonds is 3. The van der Waals surface area contributed by atoms with Crippen molar-refractivity contribution < 1.29 is 9.47 Å². The van der Waals surface area contributed by atoms with Crippen LogP contribution in [0.5, 0.6) is 11.5 Å². The number of fused-ring (bicyclic) bond motifs is 1. The molecular formula is C18H18N2O2. The van der Waals surface area contributed by atoms with Crippen LogP contribution in [0.15, 0.2) is 54.9 Å². The Bertz CT molecular complexity index is 727. The van der Waals surface area contributed by atoms with Crippen LogP contribution in [0.2, 0.25) is 0 Å². The van der Waals surface area contributed by atoms with Crippen LogP contribution in [0.4, 0.5) is 0 Å². The lowest BCUT2D eigenvalue weighted by molar-refractivity contribution is 0.174. The average molecular weight is 294 g/mol. The first-order valence-electron chi connectivity index (χ1n) is 7.48. The molecule has 0 saturated heterocycles. The number of nitrogens with one attached hydrogen (secondary N) is 1. The topological polar surface area (TPSA) is 33.7 Å². The van der Waals surface area contributed by atoms with Crippen LogP contribution in [-0.4, -0.2) is 18.4 Å². The summed E-state index contributed by atoms with van der Waals surface area (Å²) in [7, 11) is 0. The molecule has 0 amide bonds. The summed E-state index contributed by atoms with van der Waals surface area (Å²) in [4.78, 5) is 2.28. The molecule has 0 aromatic heterocycles. The molecule has 22 heavy (non-hydrogen) atoms. The van der Waals surface area contributed by atoms with E-state index in [2.05, 4.69) is 59.7 Å². The first kappa shape index (κ1) is 13.1. The van der Waals surface area contributed by atoms with E-state index in [0.29, 0.717) is 12.8 Å². The molecule has 2 aromatic carbocycles. The highest BCUT2D eigenvalue weighted by Gasteiger charge is 2.20. The molecule has 2 aromatic rings. The van der Waals surface area contributed by atoms with Gasteiger partial charge in [-0.15, -0.1) is 0 Å². The van der Waals surface area contributed by atoms with Crippen LogP contribution in [0.25, 0.3) is 11.1 Å². The standard InChI is InChI=1S/C18H18N2O2/c1-13(20-9-8-19-11-20)15-4-2-3-5-16(15)14-6-7-17-18(10-14)22-12-21-17/h2-10,13,19H,11-12H2,1H3/t13-/m0/s1. The molecule has 2 heterocycles. The van der Waals surface area contributed by atoms with E-state index in [1.165, 1.54) is 11.1 Å². The summed E-state index contributed by atoms with van der Waals surface area (Å²) in [5, 5.41) is 3.23. The highest BCUT2D eigenvalue weighted by atomic mass is 16.7. The van der Waals surface area contributed by atoms with E-state index in [-0.39, 0.29) is 0 Å². The Labute approximate surface area is 130 Å². The zero-order valence-electron chi connectivity index (χ0n) is 12.5. The highest BCUT2D eigenvalue weighted by Crippen LogP contribution is 2.38. The van der Waals surface area contributed by atoms with Crippen molar-refractivity contribution in [1.82, 2.24) is 10.2 Å². The van der Waals surface area contributed by atoms with Gasteiger partial charge in [0.15, 0.2) is 11.5 Å². The lowest BCUT2D eigenvalue weighted by Crippen LogP contribution is -2.24. The molecule has 4 rings (SSSR count). The van der Waals surface area contributed by atoms with Crippen molar-refractivity contribution >= 4 is 0 Å². The Kier molecular flexibility index (Phi) is 3.15. The summed E-state index contributed by atoms with van der Waals surface area (Å²) in [5.41, 5.74) is 3.69. The molecule has 0 fully saturated rings. The predicted octanol–water partition coefficient (Wildman–Crippen LogP) is 3.48. The van der Waals surface area contributed by atoms with Crippen molar-refractivity contribution in [2.75, 3.05) is 13.5 Å². The summed E-state index contributed by atoms with van der Waals surface area (Å²) in [6.07, 6.45) is 4.08. The fourth-order valence-electron chi connectivity index (χ4n) is 2.99. The van der Waals surface area contributed by atoms with Crippen LogP contribution >= 0.6 is 0 Å². The maximum absolute atomic E-state index is 5.51. The van der Waals surface area contributed by atoms with E-state index in [0.717, 1.165) is 23.7 Å². The molecule has 0 saturated carbocycles. The monoisotopic (exact) mass is 294 g/mol. The quantitative estimate of drug-likeness (QED) is 0.939. The zero-order chi connectivity index (χ0) is 14.9. The molecule has 0 aliphatic carbocycles. The number of hydrogen-bond donors (Lipinski definition) is 1. The van der Waals surface area contributed by atoms with Gasteiger partial charge in [0.25, 0.3) is 0 Å². The van der Waals surface area contributed by atoms with Crippen molar-refractivity contribution in [3.8, 4) is 22.6 Å². The summed E-state index contributed by atoms with van der Waals surface area (Å²) in [6, 6.07) is 15.0. The summed E-state index contributed by atoms with van der Waals surface area (Å²) >= 11 is 0. The molecule has 2 aliphatic rings. The second kappa shape index (κ2) is 5.30. The Hall–Kier alpha value is -2.62. The maximum atomic E-state index is 5.51. The Morgan fingerprint density at radius 1 is 1.09 bits per heavy atom. The predicted molar refractivity (Wildman–Crippen MR) is 85.4 cm³/mol. The molecular weight excluding hydrogens is 276 g/mol. The lowest BCUT2D eigenvalue weighted by atomic mass is 9.95. The van der Waals surface area contributed by atoms with Crippen LogP contribution in [0.3, 0.4) is 0 Å². The van der Waals surface area contributed by atoms with E-state index >= 15 is 0 Å². The van der Waals surface area contributed by atoms with Crippen molar-refractivity contribution in [3.63, 3.8) is 0 Å². The maximum Gasteiger partial charge on any atom is 0.231 e.